The number of para-hydroxylation sites is 1. The first-order valence-electron chi connectivity index (χ1n) is 10.9. The number of benzene rings is 2. The van der Waals surface area contributed by atoms with Crippen LogP contribution in [-0.4, -0.2) is 28.4 Å². The normalized spacial score (nSPS) is 16.1. The van der Waals surface area contributed by atoms with Crippen molar-refractivity contribution in [3.8, 4) is 5.75 Å². The molecule has 6 rings (SSSR count). The van der Waals surface area contributed by atoms with E-state index in [1.54, 1.807) is 12.1 Å². The van der Waals surface area contributed by atoms with Gasteiger partial charge in [0.25, 0.3) is 5.91 Å². The predicted molar refractivity (Wildman–Crippen MR) is 136 cm³/mol. The van der Waals surface area contributed by atoms with Crippen molar-refractivity contribution in [1.82, 2.24) is 4.98 Å². The molecule has 0 radical (unpaired) electrons. The third-order valence-corrected chi connectivity index (χ3v) is 7.72. The van der Waals surface area contributed by atoms with Crippen LogP contribution < -0.4 is 9.64 Å². The maximum absolute atomic E-state index is 13.6. The van der Waals surface area contributed by atoms with Crippen LogP contribution in [-0.2, 0) is 4.79 Å². The molecule has 0 spiro atoms. The van der Waals surface area contributed by atoms with Gasteiger partial charge in [0.1, 0.15) is 17.4 Å². The van der Waals surface area contributed by atoms with Crippen LogP contribution in [0.1, 0.15) is 28.4 Å². The van der Waals surface area contributed by atoms with Gasteiger partial charge < -0.3 is 14.3 Å². The Kier molecular flexibility index (Phi) is 5.16. The van der Waals surface area contributed by atoms with E-state index in [9.17, 15) is 14.7 Å². The van der Waals surface area contributed by atoms with Gasteiger partial charge in [0, 0.05) is 10.3 Å². The SMILES string of the molecule is CCOc1ccc2nc(N3C(=O)C(O)=C(C(=O)c4cc5ccccc5o4)[C@H]3c3cccs3)sc2c1. The topological polar surface area (TPSA) is 92.9 Å². The Morgan fingerprint density at radius 2 is 2.03 bits per heavy atom. The standard InChI is InChI=1S/C26H18N2O5S2/c1-2-32-15-9-10-16-20(13-15)35-26(27-16)28-22(19-8-5-11-34-19)21(24(30)25(28)31)23(29)18-12-14-6-3-4-7-17(14)33-18/h3-13,22,30H,2H2,1H3/t22-/m1/s1. The number of nitrogens with zero attached hydrogens (tertiary/aromatic N) is 2. The van der Waals surface area contributed by atoms with Crippen molar-refractivity contribution in [2.24, 2.45) is 0 Å². The van der Waals surface area contributed by atoms with E-state index in [2.05, 4.69) is 4.98 Å². The Bertz CT molecular complexity index is 1600. The summed E-state index contributed by atoms with van der Waals surface area (Å²) < 4.78 is 12.2. The number of ketones is 1. The number of thiophene rings is 1. The number of rotatable bonds is 6. The van der Waals surface area contributed by atoms with E-state index in [0.717, 1.165) is 15.0 Å². The predicted octanol–water partition coefficient (Wildman–Crippen LogP) is 6.29. The molecule has 1 aliphatic heterocycles. The number of hydrogen-bond acceptors (Lipinski definition) is 8. The highest BCUT2D eigenvalue weighted by Crippen LogP contribution is 2.45. The first-order valence-corrected chi connectivity index (χ1v) is 12.6. The fraction of sp³-hybridized carbons (Fsp3) is 0.115. The van der Waals surface area contributed by atoms with Crippen LogP contribution in [0.3, 0.4) is 0 Å². The third kappa shape index (κ3) is 3.51. The quantitative estimate of drug-likeness (QED) is 0.275. The second-order valence-electron chi connectivity index (χ2n) is 7.89. The van der Waals surface area contributed by atoms with E-state index < -0.39 is 23.5 Å². The second kappa shape index (κ2) is 8.37. The Balaban J connectivity index is 1.46. The molecule has 0 saturated carbocycles. The monoisotopic (exact) mass is 502 g/mol. The molecule has 174 valence electrons. The van der Waals surface area contributed by atoms with Gasteiger partial charge in [0.15, 0.2) is 16.7 Å². The summed E-state index contributed by atoms with van der Waals surface area (Å²) in [5.41, 5.74) is 1.23. The average molecular weight is 503 g/mol. The van der Waals surface area contributed by atoms with Crippen LogP contribution in [0.25, 0.3) is 21.2 Å². The number of anilines is 1. The number of aliphatic hydroxyl groups is 1. The number of carbonyl (C=O) groups excluding carboxylic acids is 2. The summed E-state index contributed by atoms with van der Waals surface area (Å²) in [7, 11) is 0. The Morgan fingerprint density at radius 3 is 2.80 bits per heavy atom. The molecule has 1 aliphatic rings. The summed E-state index contributed by atoms with van der Waals surface area (Å²) in [4.78, 5) is 33.7. The largest absolute Gasteiger partial charge is 0.503 e. The molecule has 0 fully saturated rings. The molecule has 35 heavy (non-hydrogen) atoms. The molecule has 1 atom stereocenters. The van der Waals surface area contributed by atoms with E-state index in [-0.39, 0.29) is 11.3 Å². The Labute approximate surface area is 207 Å². The molecule has 4 heterocycles. The summed E-state index contributed by atoms with van der Waals surface area (Å²) >= 11 is 2.70. The molecule has 0 saturated heterocycles. The van der Waals surface area contributed by atoms with Gasteiger partial charge in [-0.05, 0) is 48.7 Å². The number of Topliss-reactive ketones (excluding diaryl/α,β-unsaturated/α-hetero) is 1. The zero-order chi connectivity index (χ0) is 24.1. The summed E-state index contributed by atoms with van der Waals surface area (Å²) in [5.74, 6) is -1.03. The number of thiazole rings is 1. The van der Waals surface area contributed by atoms with Crippen molar-refractivity contribution in [3.63, 3.8) is 0 Å². The van der Waals surface area contributed by atoms with E-state index in [0.29, 0.717) is 28.6 Å². The molecule has 2 aromatic carbocycles. The highest BCUT2D eigenvalue weighted by molar-refractivity contribution is 7.22. The fourth-order valence-electron chi connectivity index (χ4n) is 4.23. The van der Waals surface area contributed by atoms with Crippen LogP contribution in [0.2, 0.25) is 0 Å². The lowest BCUT2D eigenvalue weighted by Gasteiger charge is -2.22. The van der Waals surface area contributed by atoms with Crippen molar-refractivity contribution >= 4 is 60.7 Å². The molecular weight excluding hydrogens is 484 g/mol. The lowest BCUT2D eigenvalue weighted by molar-refractivity contribution is -0.117. The average Bonchev–Trinajstić information content (AvgIpc) is 3.64. The number of hydrogen-bond donors (Lipinski definition) is 1. The van der Waals surface area contributed by atoms with Gasteiger partial charge in [-0.3, -0.25) is 14.5 Å². The highest BCUT2D eigenvalue weighted by Gasteiger charge is 2.47. The van der Waals surface area contributed by atoms with Gasteiger partial charge in [0.2, 0.25) is 5.78 Å². The van der Waals surface area contributed by atoms with Crippen LogP contribution in [0.5, 0.6) is 5.75 Å². The molecule has 5 aromatic rings. The number of aromatic nitrogens is 1. The summed E-state index contributed by atoms with van der Waals surface area (Å²) in [5, 5.41) is 14.0. The molecule has 7 nitrogen and oxygen atoms in total. The molecule has 3 aromatic heterocycles. The van der Waals surface area contributed by atoms with Crippen LogP contribution in [0, 0.1) is 0 Å². The van der Waals surface area contributed by atoms with Crippen molar-refractivity contribution in [2.75, 3.05) is 11.5 Å². The lowest BCUT2D eigenvalue weighted by atomic mass is 10.0. The third-order valence-electron chi connectivity index (χ3n) is 5.78. The summed E-state index contributed by atoms with van der Waals surface area (Å²) in [6.07, 6.45) is 0. The van der Waals surface area contributed by atoms with E-state index >= 15 is 0 Å². The van der Waals surface area contributed by atoms with E-state index in [1.807, 2.05) is 60.8 Å². The lowest BCUT2D eigenvalue weighted by Crippen LogP contribution is -2.30. The first kappa shape index (κ1) is 21.6. The summed E-state index contributed by atoms with van der Waals surface area (Å²) in [6.45, 7) is 2.44. The zero-order valence-corrected chi connectivity index (χ0v) is 20.1. The van der Waals surface area contributed by atoms with Gasteiger partial charge >= 0.3 is 0 Å². The molecule has 0 aliphatic carbocycles. The molecule has 0 bridgehead atoms. The Morgan fingerprint density at radius 1 is 1.17 bits per heavy atom. The van der Waals surface area contributed by atoms with Crippen molar-refractivity contribution in [1.29, 1.82) is 0 Å². The zero-order valence-electron chi connectivity index (χ0n) is 18.4. The van der Waals surface area contributed by atoms with Gasteiger partial charge in [-0.25, -0.2) is 4.98 Å². The number of fused-ring (bicyclic) bond motifs is 2. The van der Waals surface area contributed by atoms with E-state index in [1.165, 1.54) is 27.6 Å². The first-order chi connectivity index (χ1) is 17.0. The number of furan rings is 1. The fourth-order valence-corrected chi connectivity index (χ4v) is 6.07. The molecule has 0 unspecified atom stereocenters. The number of carbonyl (C=O) groups is 2. The van der Waals surface area contributed by atoms with Gasteiger partial charge in [0.05, 0.1) is 22.4 Å². The van der Waals surface area contributed by atoms with Crippen molar-refractivity contribution in [3.05, 3.63) is 88.0 Å². The molecular formula is C26H18N2O5S2. The molecule has 9 heteroatoms. The van der Waals surface area contributed by atoms with Crippen molar-refractivity contribution < 1.29 is 23.8 Å². The minimum absolute atomic E-state index is 0.0224. The number of aliphatic hydroxyl groups excluding tert-OH is 1. The van der Waals surface area contributed by atoms with Crippen LogP contribution >= 0.6 is 22.7 Å². The minimum Gasteiger partial charge on any atom is -0.503 e. The molecule has 1 N–H and O–H groups in total. The minimum atomic E-state index is -0.824. The van der Waals surface area contributed by atoms with Crippen LogP contribution in [0.4, 0.5) is 5.13 Å². The van der Waals surface area contributed by atoms with Gasteiger partial charge in [-0.2, -0.15) is 0 Å². The van der Waals surface area contributed by atoms with Gasteiger partial charge in [-0.15, -0.1) is 11.3 Å². The Hall–Kier alpha value is -3.95. The highest BCUT2D eigenvalue weighted by atomic mass is 32.1. The van der Waals surface area contributed by atoms with Crippen LogP contribution in [0.15, 0.2) is 81.8 Å². The van der Waals surface area contributed by atoms with E-state index in [4.69, 9.17) is 9.15 Å². The maximum Gasteiger partial charge on any atom is 0.296 e. The summed E-state index contributed by atoms with van der Waals surface area (Å²) in [6, 6.07) is 17.3. The van der Waals surface area contributed by atoms with Crippen molar-refractivity contribution in [2.45, 2.75) is 13.0 Å². The molecule has 1 amide bonds. The second-order valence-corrected chi connectivity index (χ2v) is 9.88. The number of ether oxygens (including phenoxy) is 1. The maximum atomic E-state index is 13.6. The smallest absolute Gasteiger partial charge is 0.296 e. The van der Waals surface area contributed by atoms with Gasteiger partial charge in [-0.1, -0.05) is 35.6 Å². The number of amides is 1.